The van der Waals surface area contributed by atoms with Crippen molar-refractivity contribution >= 4 is 5.91 Å². The Labute approximate surface area is 120 Å². The summed E-state index contributed by atoms with van der Waals surface area (Å²) >= 11 is 0. The highest BCUT2D eigenvalue weighted by atomic mass is 16.3. The summed E-state index contributed by atoms with van der Waals surface area (Å²) in [6.07, 6.45) is 1.12. The van der Waals surface area contributed by atoms with E-state index in [0.717, 1.165) is 45.7 Å². The van der Waals surface area contributed by atoms with Gasteiger partial charge < -0.3 is 10.8 Å². The van der Waals surface area contributed by atoms with E-state index in [-0.39, 0.29) is 12.5 Å². The first-order valence-electron chi connectivity index (χ1n) is 7.13. The minimum absolute atomic E-state index is 0.231. The van der Waals surface area contributed by atoms with Crippen LogP contribution in [0.15, 0.2) is 24.3 Å². The maximum absolute atomic E-state index is 11.0. The summed E-state index contributed by atoms with van der Waals surface area (Å²) in [5, 5.41) is 8.99. The lowest BCUT2D eigenvalue weighted by molar-refractivity contribution is 0.100. The third-order valence-electron chi connectivity index (χ3n) is 3.74. The highest BCUT2D eigenvalue weighted by Crippen LogP contribution is 2.10. The van der Waals surface area contributed by atoms with Gasteiger partial charge in [-0.05, 0) is 37.2 Å². The summed E-state index contributed by atoms with van der Waals surface area (Å²) in [5.41, 5.74) is 6.99. The lowest BCUT2D eigenvalue weighted by atomic mass is 10.1. The summed E-state index contributed by atoms with van der Waals surface area (Å²) in [7, 11) is 0. The van der Waals surface area contributed by atoms with Gasteiger partial charge in [-0.2, -0.15) is 0 Å². The first-order chi connectivity index (χ1) is 9.69. The number of nitrogens with zero attached hydrogens (tertiary/aromatic N) is 2. The number of amides is 1. The summed E-state index contributed by atoms with van der Waals surface area (Å²) in [5.74, 6) is -0.383. The van der Waals surface area contributed by atoms with Crippen LogP contribution < -0.4 is 5.73 Å². The van der Waals surface area contributed by atoms with Crippen LogP contribution in [0, 0.1) is 0 Å². The number of primary amides is 1. The van der Waals surface area contributed by atoms with Crippen molar-refractivity contribution in [1.29, 1.82) is 0 Å². The van der Waals surface area contributed by atoms with Crippen LogP contribution in [0.2, 0.25) is 0 Å². The largest absolute Gasteiger partial charge is 0.395 e. The smallest absolute Gasteiger partial charge is 0.248 e. The highest BCUT2D eigenvalue weighted by Gasteiger charge is 2.14. The lowest BCUT2D eigenvalue weighted by Gasteiger charge is -2.21. The Morgan fingerprint density at radius 2 is 1.75 bits per heavy atom. The van der Waals surface area contributed by atoms with Crippen molar-refractivity contribution in [2.24, 2.45) is 5.73 Å². The van der Waals surface area contributed by atoms with E-state index >= 15 is 0 Å². The van der Waals surface area contributed by atoms with Gasteiger partial charge in [0.2, 0.25) is 5.91 Å². The van der Waals surface area contributed by atoms with Gasteiger partial charge in [0.05, 0.1) is 6.61 Å². The molecule has 1 saturated heterocycles. The monoisotopic (exact) mass is 277 g/mol. The van der Waals surface area contributed by atoms with Crippen molar-refractivity contribution in [1.82, 2.24) is 9.80 Å². The molecule has 1 amide bonds. The average molecular weight is 277 g/mol. The topological polar surface area (TPSA) is 69.8 Å². The van der Waals surface area contributed by atoms with Gasteiger partial charge in [0.25, 0.3) is 0 Å². The fraction of sp³-hybridized carbons (Fsp3) is 0.533. The van der Waals surface area contributed by atoms with Crippen molar-refractivity contribution in [2.45, 2.75) is 13.0 Å². The van der Waals surface area contributed by atoms with Crippen molar-refractivity contribution in [3.63, 3.8) is 0 Å². The number of rotatable bonds is 5. The lowest BCUT2D eigenvalue weighted by Crippen LogP contribution is -2.32. The predicted octanol–water partition coefficient (Wildman–Crippen LogP) is 0.285. The van der Waals surface area contributed by atoms with E-state index in [4.69, 9.17) is 10.8 Å². The molecule has 5 heteroatoms. The zero-order valence-corrected chi connectivity index (χ0v) is 11.8. The summed E-state index contributed by atoms with van der Waals surface area (Å²) < 4.78 is 0. The van der Waals surface area contributed by atoms with Crippen molar-refractivity contribution in [3.8, 4) is 0 Å². The Bertz CT molecular complexity index is 433. The number of hydrogen-bond acceptors (Lipinski definition) is 4. The second-order valence-electron chi connectivity index (χ2n) is 5.26. The Morgan fingerprint density at radius 1 is 1.10 bits per heavy atom. The highest BCUT2D eigenvalue weighted by molar-refractivity contribution is 5.92. The molecule has 20 heavy (non-hydrogen) atoms. The minimum atomic E-state index is -0.383. The maximum atomic E-state index is 11.0. The molecule has 0 aliphatic carbocycles. The molecule has 0 radical (unpaired) electrons. The molecule has 3 N–H and O–H groups in total. The Morgan fingerprint density at radius 3 is 2.40 bits per heavy atom. The molecule has 0 bridgehead atoms. The Hall–Kier alpha value is -1.43. The quantitative estimate of drug-likeness (QED) is 0.811. The zero-order valence-electron chi connectivity index (χ0n) is 11.8. The molecule has 1 aliphatic rings. The van der Waals surface area contributed by atoms with Crippen LogP contribution in [0.25, 0.3) is 0 Å². The molecule has 0 saturated carbocycles. The summed E-state index contributed by atoms with van der Waals surface area (Å²) in [6, 6.07) is 7.51. The molecule has 5 nitrogen and oxygen atoms in total. The molecule has 0 atom stereocenters. The zero-order chi connectivity index (χ0) is 14.4. The molecule has 1 heterocycles. The van der Waals surface area contributed by atoms with E-state index in [2.05, 4.69) is 9.80 Å². The molecular formula is C15H23N3O2. The van der Waals surface area contributed by atoms with Crippen LogP contribution >= 0.6 is 0 Å². The molecule has 1 fully saturated rings. The third-order valence-corrected chi connectivity index (χ3v) is 3.74. The minimum Gasteiger partial charge on any atom is -0.395 e. The van der Waals surface area contributed by atoms with Crippen LogP contribution in [0.1, 0.15) is 22.3 Å². The number of benzene rings is 1. The number of carbonyl (C=O) groups is 1. The number of aliphatic hydroxyl groups is 1. The van der Waals surface area contributed by atoms with Gasteiger partial charge in [-0.3, -0.25) is 14.6 Å². The van der Waals surface area contributed by atoms with Crippen LogP contribution in [-0.2, 0) is 6.54 Å². The predicted molar refractivity (Wildman–Crippen MR) is 78.4 cm³/mol. The van der Waals surface area contributed by atoms with Gasteiger partial charge in [0.15, 0.2) is 0 Å². The van der Waals surface area contributed by atoms with Crippen LogP contribution in [0.5, 0.6) is 0 Å². The van der Waals surface area contributed by atoms with Gasteiger partial charge >= 0.3 is 0 Å². The molecule has 110 valence electrons. The number of hydrogen-bond donors (Lipinski definition) is 2. The maximum Gasteiger partial charge on any atom is 0.248 e. The standard InChI is InChI=1S/C15H23N3O2/c16-15(20)14-4-2-13(3-5-14)12-18-7-1-6-17(8-9-18)10-11-19/h2-5,19H,1,6-12H2,(H2,16,20). The van der Waals surface area contributed by atoms with Gasteiger partial charge in [0.1, 0.15) is 0 Å². The van der Waals surface area contributed by atoms with E-state index in [9.17, 15) is 4.79 Å². The number of β-amino-alcohol motifs (C(OH)–C–C–N with tert-alkyl or cyclic N) is 1. The van der Waals surface area contributed by atoms with E-state index in [0.29, 0.717) is 5.56 Å². The van der Waals surface area contributed by atoms with Crippen LogP contribution in [-0.4, -0.2) is 60.1 Å². The van der Waals surface area contributed by atoms with Gasteiger partial charge in [-0.25, -0.2) is 0 Å². The van der Waals surface area contributed by atoms with Crippen LogP contribution in [0.4, 0.5) is 0 Å². The van der Waals surface area contributed by atoms with E-state index in [1.165, 1.54) is 5.56 Å². The number of aliphatic hydroxyl groups excluding tert-OH is 1. The van der Waals surface area contributed by atoms with E-state index < -0.39 is 0 Å². The van der Waals surface area contributed by atoms with Gasteiger partial charge in [0, 0.05) is 31.7 Å². The van der Waals surface area contributed by atoms with Gasteiger partial charge in [-0.1, -0.05) is 12.1 Å². The molecule has 1 aromatic rings. The molecule has 0 aromatic heterocycles. The average Bonchev–Trinajstić information content (AvgIpc) is 2.66. The van der Waals surface area contributed by atoms with Crippen LogP contribution in [0.3, 0.4) is 0 Å². The Balaban J connectivity index is 1.88. The number of carbonyl (C=O) groups excluding carboxylic acids is 1. The van der Waals surface area contributed by atoms with Crippen molar-refractivity contribution in [3.05, 3.63) is 35.4 Å². The number of nitrogens with two attached hydrogens (primary N) is 1. The second-order valence-corrected chi connectivity index (χ2v) is 5.26. The molecule has 1 aliphatic heterocycles. The first-order valence-corrected chi connectivity index (χ1v) is 7.13. The van der Waals surface area contributed by atoms with E-state index in [1.54, 1.807) is 12.1 Å². The molecule has 1 aromatic carbocycles. The summed E-state index contributed by atoms with van der Waals surface area (Å²) in [4.78, 5) is 15.7. The normalized spacial score (nSPS) is 17.9. The Kier molecular flexibility index (Phi) is 5.52. The molecule has 0 spiro atoms. The fourth-order valence-corrected chi connectivity index (χ4v) is 2.58. The van der Waals surface area contributed by atoms with E-state index in [1.807, 2.05) is 12.1 Å². The fourth-order valence-electron chi connectivity index (χ4n) is 2.58. The van der Waals surface area contributed by atoms with Crippen molar-refractivity contribution < 1.29 is 9.90 Å². The van der Waals surface area contributed by atoms with Gasteiger partial charge in [-0.15, -0.1) is 0 Å². The molecular weight excluding hydrogens is 254 g/mol. The summed E-state index contributed by atoms with van der Waals surface area (Å²) in [6.45, 7) is 6.02. The molecule has 0 unspecified atom stereocenters. The SMILES string of the molecule is NC(=O)c1ccc(CN2CCCN(CCO)CC2)cc1. The second kappa shape index (κ2) is 7.38. The first kappa shape index (κ1) is 15.0. The third kappa shape index (κ3) is 4.30. The van der Waals surface area contributed by atoms with Crippen molar-refractivity contribution in [2.75, 3.05) is 39.3 Å². The molecule has 2 rings (SSSR count).